The first-order valence-corrected chi connectivity index (χ1v) is 7.96. The molecule has 0 N–H and O–H groups in total. The molecule has 128 valence electrons. The van der Waals surface area contributed by atoms with Crippen molar-refractivity contribution in [2.45, 2.75) is 20.0 Å². The van der Waals surface area contributed by atoms with Gasteiger partial charge in [-0.2, -0.15) is 0 Å². The third-order valence-corrected chi connectivity index (χ3v) is 4.23. The lowest BCUT2D eigenvalue weighted by Crippen LogP contribution is -2.51. The largest absolute Gasteiger partial charge is 0.479 e. The molecule has 1 aromatic carbocycles. The van der Waals surface area contributed by atoms with Gasteiger partial charge in [0.1, 0.15) is 12.3 Å². The zero-order chi connectivity index (χ0) is 17.3. The Morgan fingerprint density at radius 2 is 1.96 bits per heavy atom. The number of rotatable bonds is 3. The first-order valence-electron chi connectivity index (χ1n) is 7.96. The molecule has 0 radical (unpaired) electrons. The third-order valence-electron chi connectivity index (χ3n) is 4.23. The molecular weight excluding hydrogens is 312 g/mol. The fraction of sp³-hybridized carbons (Fsp3) is 0.471. The van der Waals surface area contributed by atoms with E-state index in [1.165, 1.54) is 11.8 Å². The number of amides is 2. The van der Waals surface area contributed by atoms with Crippen molar-refractivity contribution in [3.63, 3.8) is 0 Å². The van der Waals surface area contributed by atoms with E-state index in [0.717, 1.165) is 0 Å². The van der Waals surface area contributed by atoms with Crippen LogP contribution in [0.25, 0.3) is 0 Å². The molecule has 24 heavy (non-hydrogen) atoms. The zero-order valence-electron chi connectivity index (χ0n) is 13.8. The summed E-state index contributed by atoms with van der Waals surface area (Å²) in [5.41, 5.74) is 0.941. The van der Waals surface area contributed by atoms with E-state index < -0.39 is 6.10 Å². The number of benzene rings is 1. The Morgan fingerprint density at radius 1 is 1.25 bits per heavy atom. The number of hydrogen-bond donors (Lipinski definition) is 0. The molecule has 2 aliphatic rings. The van der Waals surface area contributed by atoms with Gasteiger partial charge in [-0.15, -0.1) is 0 Å². The van der Waals surface area contributed by atoms with Gasteiger partial charge in [0.2, 0.25) is 5.91 Å². The predicted octanol–water partition coefficient (Wildman–Crippen LogP) is 0.862. The summed E-state index contributed by atoms with van der Waals surface area (Å²) in [5.74, 6) is -0.0325. The van der Waals surface area contributed by atoms with E-state index >= 15 is 0 Å². The van der Waals surface area contributed by atoms with Gasteiger partial charge in [0.05, 0.1) is 18.9 Å². The number of fused-ring (bicyclic) bond motifs is 1. The number of nitrogens with zero attached hydrogens (tertiary/aromatic N) is 2. The molecule has 0 unspecified atom stereocenters. The molecule has 1 atom stereocenters. The van der Waals surface area contributed by atoms with Crippen LogP contribution in [0.1, 0.15) is 24.2 Å². The van der Waals surface area contributed by atoms with Crippen molar-refractivity contribution in [1.29, 1.82) is 0 Å². The van der Waals surface area contributed by atoms with E-state index in [9.17, 15) is 14.4 Å². The highest BCUT2D eigenvalue weighted by Gasteiger charge is 2.34. The average molecular weight is 332 g/mol. The number of ketones is 1. The Bertz CT molecular complexity index is 682. The standard InChI is InChI=1S/C17H20N2O5/c1-11(20)13-3-4-15-14(9-13)19(17(22)12(2)24-15)10-16(21)18-5-7-23-8-6-18/h3-4,9,12H,5-8,10H2,1-2H3/t12-/m0/s1. The number of Topliss-reactive ketones (excluding diaryl/α,β-unsaturated/α-hetero) is 1. The maximum absolute atomic E-state index is 12.5. The Hall–Kier alpha value is -2.41. The number of carbonyl (C=O) groups is 3. The third kappa shape index (κ3) is 3.12. The van der Waals surface area contributed by atoms with Gasteiger partial charge in [-0.3, -0.25) is 19.3 Å². The van der Waals surface area contributed by atoms with Gasteiger partial charge in [0.15, 0.2) is 11.9 Å². The second-order valence-corrected chi connectivity index (χ2v) is 5.92. The topological polar surface area (TPSA) is 76.2 Å². The second-order valence-electron chi connectivity index (χ2n) is 5.92. The maximum atomic E-state index is 12.5. The second kappa shape index (κ2) is 6.60. The minimum absolute atomic E-state index is 0.0686. The molecular formula is C17H20N2O5. The van der Waals surface area contributed by atoms with Crippen molar-refractivity contribution in [3.05, 3.63) is 23.8 Å². The molecule has 7 heteroatoms. The number of ether oxygens (including phenoxy) is 2. The molecule has 0 saturated carbocycles. The molecule has 3 rings (SSSR count). The maximum Gasteiger partial charge on any atom is 0.268 e. The summed E-state index contributed by atoms with van der Waals surface area (Å²) in [6.07, 6.45) is -0.668. The lowest BCUT2D eigenvalue weighted by atomic mass is 10.1. The number of morpholine rings is 1. The van der Waals surface area contributed by atoms with E-state index in [1.807, 2.05) is 0 Å². The SMILES string of the molecule is CC(=O)c1ccc2c(c1)N(CC(=O)N1CCOCC1)C(=O)[C@H](C)O2. The van der Waals surface area contributed by atoms with Crippen LogP contribution in [-0.4, -0.2) is 61.4 Å². The van der Waals surface area contributed by atoms with Crippen LogP contribution >= 0.6 is 0 Å². The van der Waals surface area contributed by atoms with E-state index in [4.69, 9.17) is 9.47 Å². The number of carbonyl (C=O) groups excluding carboxylic acids is 3. The molecule has 0 aromatic heterocycles. The van der Waals surface area contributed by atoms with Crippen molar-refractivity contribution < 1.29 is 23.9 Å². The van der Waals surface area contributed by atoms with E-state index in [0.29, 0.717) is 43.3 Å². The highest BCUT2D eigenvalue weighted by atomic mass is 16.5. The number of hydrogen-bond acceptors (Lipinski definition) is 5. The van der Waals surface area contributed by atoms with E-state index in [-0.39, 0.29) is 24.1 Å². The summed E-state index contributed by atoms with van der Waals surface area (Å²) >= 11 is 0. The van der Waals surface area contributed by atoms with Crippen LogP contribution in [0.5, 0.6) is 5.75 Å². The van der Waals surface area contributed by atoms with Crippen LogP contribution < -0.4 is 9.64 Å². The van der Waals surface area contributed by atoms with Crippen molar-refractivity contribution in [2.75, 3.05) is 37.7 Å². The van der Waals surface area contributed by atoms with Crippen LogP contribution in [0.2, 0.25) is 0 Å². The minimum Gasteiger partial charge on any atom is -0.479 e. The minimum atomic E-state index is -0.668. The molecule has 0 bridgehead atoms. The quantitative estimate of drug-likeness (QED) is 0.768. The molecule has 1 fully saturated rings. The fourth-order valence-corrected chi connectivity index (χ4v) is 2.84. The van der Waals surface area contributed by atoms with Crippen LogP contribution in [0.15, 0.2) is 18.2 Å². The highest BCUT2D eigenvalue weighted by Crippen LogP contribution is 2.35. The first-order chi connectivity index (χ1) is 11.5. The van der Waals surface area contributed by atoms with Gasteiger partial charge in [-0.05, 0) is 32.0 Å². The normalized spacial score (nSPS) is 20.4. The van der Waals surface area contributed by atoms with Gasteiger partial charge in [0, 0.05) is 18.7 Å². The zero-order valence-corrected chi connectivity index (χ0v) is 13.8. The average Bonchev–Trinajstić information content (AvgIpc) is 2.59. The lowest BCUT2D eigenvalue weighted by molar-refractivity contribution is -0.136. The summed E-state index contributed by atoms with van der Waals surface area (Å²) < 4.78 is 10.8. The first kappa shape index (κ1) is 16.4. The van der Waals surface area contributed by atoms with Gasteiger partial charge >= 0.3 is 0 Å². The molecule has 1 aromatic rings. The van der Waals surface area contributed by atoms with Crippen molar-refractivity contribution in [2.24, 2.45) is 0 Å². The summed E-state index contributed by atoms with van der Waals surface area (Å²) in [6, 6.07) is 4.93. The number of anilines is 1. The Balaban J connectivity index is 1.88. The summed E-state index contributed by atoms with van der Waals surface area (Å²) in [5, 5.41) is 0. The van der Waals surface area contributed by atoms with Crippen molar-refractivity contribution >= 4 is 23.3 Å². The highest BCUT2D eigenvalue weighted by molar-refractivity contribution is 6.05. The monoisotopic (exact) mass is 332 g/mol. The molecule has 0 aliphatic carbocycles. The van der Waals surface area contributed by atoms with Crippen LogP contribution in [0, 0.1) is 0 Å². The summed E-state index contributed by atoms with van der Waals surface area (Å²) in [4.78, 5) is 39.7. The summed E-state index contributed by atoms with van der Waals surface area (Å²) in [7, 11) is 0. The van der Waals surface area contributed by atoms with Gasteiger partial charge in [-0.25, -0.2) is 0 Å². The van der Waals surface area contributed by atoms with Gasteiger partial charge < -0.3 is 14.4 Å². The van der Waals surface area contributed by atoms with Crippen molar-refractivity contribution in [1.82, 2.24) is 4.90 Å². The Labute approximate surface area is 140 Å². The molecule has 1 saturated heterocycles. The van der Waals surface area contributed by atoms with Crippen LogP contribution in [0.3, 0.4) is 0 Å². The van der Waals surface area contributed by atoms with Gasteiger partial charge in [-0.1, -0.05) is 0 Å². The van der Waals surface area contributed by atoms with Crippen LogP contribution in [0.4, 0.5) is 5.69 Å². The predicted molar refractivity (Wildman–Crippen MR) is 86.3 cm³/mol. The molecule has 7 nitrogen and oxygen atoms in total. The van der Waals surface area contributed by atoms with E-state index in [2.05, 4.69) is 0 Å². The lowest BCUT2D eigenvalue weighted by Gasteiger charge is -2.35. The summed E-state index contributed by atoms with van der Waals surface area (Å²) in [6.45, 7) is 5.09. The Kier molecular flexibility index (Phi) is 4.53. The molecule has 2 heterocycles. The fourth-order valence-electron chi connectivity index (χ4n) is 2.84. The van der Waals surface area contributed by atoms with Crippen LogP contribution in [-0.2, 0) is 14.3 Å². The molecule has 2 amide bonds. The molecule has 0 spiro atoms. The molecule has 2 aliphatic heterocycles. The van der Waals surface area contributed by atoms with Crippen molar-refractivity contribution in [3.8, 4) is 5.75 Å². The van der Waals surface area contributed by atoms with Gasteiger partial charge in [0.25, 0.3) is 5.91 Å². The van der Waals surface area contributed by atoms with E-state index in [1.54, 1.807) is 30.0 Å². The Morgan fingerprint density at radius 3 is 2.62 bits per heavy atom. The smallest absolute Gasteiger partial charge is 0.268 e.